The molecule has 1 aliphatic rings. The molecule has 112 valence electrons. The standard InChI is InChI=1S/C10H15N3O5S2/c1-19(14,15)12-9-5-8(18-7-3-4-7)6-11-10(9)13-20(2,16)17/h5-7,12H,3-4H2,1-2H3,(H,11,13). The molecule has 20 heavy (non-hydrogen) atoms. The van der Waals surface area contributed by atoms with Crippen LogP contribution in [-0.4, -0.2) is 40.4 Å². The zero-order valence-corrected chi connectivity index (χ0v) is 12.6. The van der Waals surface area contributed by atoms with E-state index in [0.717, 1.165) is 25.4 Å². The van der Waals surface area contributed by atoms with Crippen molar-refractivity contribution in [2.24, 2.45) is 0 Å². The van der Waals surface area contributed by atoms with Crippen LogP contribution in [0.1, 0.15) is 12.8 Å². The lowest BCUT2D eigenvalue weighted by atomic mass is 10.4. The minimum atomic E-state index is -3.57. The van der Waals surface area contributed by atoms with Crippen LogP contribution in [0.25, 0.3) is 0 Å². The number of hydrogen-bond donors (Lipinski definition) is 2. The third kappa shape index (κ3) is 4.85. The molecular weight excluding hydrogens is 306 g/mol. The summed E-state index contributed by atoms with van der Waals surface area (Å²) < 4.78 is 54.9. The van der Waals surface area contributed by atoms with Gasteiger partial charge in [0.05, 0.1) is 30.5 Å². The number of pyridine rings is 1. The van der Waals surface area contributed by atoms with E-state index in [-0.39, 0.29) is 17.6 Å². The highest BCUT2D eigenvalue weighted by molar-refractivity contribution is 7.92. The normalized spacial score (nSPS) is 15.7. The Morgan fingerprint density at radius 1 is 1.15 bits per heavy atom. The van der Waals surface area contributed by atoms with E-state index in [1.165, 1.54) is 12.3 Å². The first-order valence-corrected chi connectivity index (χ1v) is 9.53. The molecule has 1 saturated carbocycles. The van der Waals surface area contributed by atoms with Crippen molar-refractivity contribution >= 4 is 31.6 Å². The van der Waals surface area contributed by atoms with Crippen LogP contribution in [0.2, 0.25) is 0 Å². The zero-order valence-electron chi connectivity index (χ0n) is 11.0. The van der Waals surface area contributed by atoms with Crippen LogP contribution in [0.4, 0.5) is 11.5 Å². The number of nitrogens with one attached hydrogen (secondary N) is 2. The maximum atomic E-state index is 11.3. The SMILES string of the molecule is CS(=O)(=O)Nc1cc(OC2CC2)cnc1NS(C)(=O)=O. The minimum absolute atomic E-state index is 0.0241. The largest absolute Gasteiger partial charge is 0.489 e. The molecule has 0 amide bonds. The van der Waals surface area contributed by atoms with Crippen LogP contribution in [0.5, 0.6) is 5.75 Å². The van der Waals surface area contributed by atoms with Crippen LogP contribution in [0.15, 0.2) is 12.3 Å². The fourth-order valence-corrected chi connectivity index (χ4v) is 2.49. The molecular formula is C10H15N3O5S2. The summed E-state index contributed by atoms with van der Waals surface area (Å²) in [4.78, 5) is 3.89. The number of nitrogens with zero attached hydrogens (tertiary/aromatic N) is 1. The third-order valence-corrected chi connectivity index (χ3v) is 3.42. The van der Waals surface area contributed by atoms with Crippen LogP contribution < -0.4 is 14.2 Å². The smallest absolute Gasteiger partial charge is 0.231 e. The monoisotopic (exact) mass is 321 g/mol. The van der Waals surface area contributed by atoms with E-state index in [9.17, 15) is 16.8 Å². The van der Waals surface area contributed by atoms with Gasteiger partial charge in [-0.3, -0.25) is 9.44 Å². The van der Waals surface area contributed by atoms with Gasteiger partial charge >= 0.3 is 0 Å². The number of hydrogen-bond acceptors (Lipinski definition) is 6. The van der Waals surface area contributed by atoms with Crippen molar-refractivity contribution in [2.75, 3.05) is 22.0 Å². The molecule has 1 fully saturated rings. The van der Waals surface area contributed by atoms with Crippen molar-refractivity contribution in [1.82, 2.24) is 4.98 Å². The van der Waals surface area contributed by atoms with Crippen molar-refractivity contribution in [3.63, 3.8) is 0 Å². The molecule has 0 atom stereocenters. The lowest BCUT2D eigenvalue weighted by molar-refractivity contribution is 0.302. The van der Waals surface area contributed by atoms with Crippen LogP contribution >= 0.6 is 0 Å². The van der Waals surface area contributed by atoms with Crippen LogP contribution in [-0.2, 0) is 20.0 Å². The molecule has 0 aromatic carbocycles. The Morgan fingerprint density at radius 3 is 2.25 bits per heavy atom. The van der Waals surface area contributed by atoms with Gasteiger partial charge in [0.2, 0.25) is 20.0 Å². The van der Waals surface area contributed by atoms with Gasteiger partial charge in [-0.1, -0.05) is 0 Å². The summed E-state index contributed by atoms with van der Waals surface area (Å²) in [5.41, 5.74) is 0.0241. The van der Waals surface area contributed by atoms with Gasteiger partial charge in [-0.05, 0) is 12.8 Å². The van der Waals surface area contributed by atoms with E-state index in [0.29, 0.717) is 5.75 Å². The Labute approximate surface area is 117 Å². The summed E-state index contributed by atoms with van der Waals surface area (Å²) in [6, 6.07) is 1.40. The topological polar surface area (TPSA) is 114 Å². The summed E-state index contributed by atoms with van der Waals surface area (Å²) in [6.45, 7) is 0. The molecule has 0 radical (unpaired) electrons. The Morgan fingerprint density at radius 2 is 1.75 bits per heavy atom. The molecule has 0 bridgehead atoms. The quantitative estimate of drug-likeness (QED) is 0.782. The summed E-state index contributed by atoms with van der Waals surface area (Å²) >= 11 is 0. The molecule has 0 unspecified atom stereocenters. The zero-order chi connectivity index (χ0) is 15.0. The first-order valence-electron chi connectivity index (χ1n) is 5.75. The van der Waals surface area contributed by atoms with Gasteiger partial charge in [0.1, 0.15) is 5.75 Å². The van der Waals surface area contributed by atoms with Crippen molar-refractivity contribution in [2.45, 2.75) is 18.9 Å². The van der Waals surface area contributed by atoms with Gasteiger partial charge in [-0.15, -0.1) is 0 Å². The Balaban J connectivity index is 2.33. The Bertz CT molecular complexity index is 710. The fourth-order valence-electron chi connectivity index (χ4n) is 1.42. The molecule has 1 aromatic rings. The minimum Gasteiger partial charge on any atom is -0.489 e. The Hall–Kier alpha value is -1.55. The highest BCUT2D eigenvalue weighted by Crippen LogP contribution is 2.30. The third-order valence-electron chi connectivity index (χ3n) is 2.27. The van der Waals surface area contributed by atoms with Crippen molar-refractivity contribution in [3.8, 4) is 5.75 Å². The van der Waals surface area contributed by atoms with Gasteiger partial charge in [0.15, 0.2) is 5.82 Å². The first-order chi connectivity index (χ1) is 9.12. The highest BCUT2D eigenvalue weighted by atomic mass is 32.2. The predicted octanol–water partition coefficient (Wildman–Crippen LogP) is 0.366. The lowest BCUT2D eigenvalue weighted by Crippen LogP contribution is -2.16. The average molecular weight is 321 g/mol. The van der Waals surface area contributed by atoms with Crippen molar-refractivity contribution in [3.05, 3.63) is 12.3 Å². The number of ether oxygens (including phenoxy) is 1. The lowest BCUT2D eigenvalue weighted by Gasteiger charge is -2.12. The molecule has 2 rings (SSSR count). The van der Waals surface area contributed by atoms with E-state index in [4.69, 9.17) is 4.74 Å². The number of sulfonamides is 2. The van der Waals surface area contributed by atoms with Crippen molar-refractivity contribution in [1.29, 1.82) is 0 Å². The van der Waals surface area contributed by atoms with Gasteiger partial charge < -0.3 is 4.74 Å². The maximum Gasteiger partial charge on any atom is 0.231 e. The molecule has 1 aromatic heterocycles. The summed E-state index contributed by atoms with van der Waals surface area (Å²) in [6.07, 6.45) is 5.27. The molecule has 0 aliphatic heterocycles. The second kappa shape index (κ2) is 5.09. The molecule has 8 nitrogen and oxygen atoms in total. The van der Waals surface area contributed by atoms with Crippen molar-refractivity contribution < 1.29 is 21.6 Å². The molecule has 2 N–H and O–H groups in total. The second-order valence-corrected chi connectivity index (χ2v) is 8.13. The second-order valence-electron chi connectivity index (χ2n) is 4.63. The van der Waals surface area contributed by atoms with E-state index in [2.05, 4.69) is 14.4 Å². The van der Waals surface area contributed by atoms with E-state index < -0.39 is 20.0 Å². The highest BCUT2D eigenvalue weighted by Gasteiger charge is 2.24. The van der Waals surface area contributed by atoms with Gasteiger partial charge in [-0.2, -0.15) is 0 Å². The van der Waals surface area contributed by atoms with E-state index in [1.54, 1.807) is 0 Å². The number of rotatable bonds is 6. The molecule has 1 aliphatic carbocycles. The van der Waals surface area contributed by atoms with E-state index in [1.807, 2.05) is 0 Å². The molecule has 0 spiro atoms. The fraction of sp³-hybridized carbons (Fsp3) is 0.500. The number of aromatic nitrogens is 1. The van der Waals surface area contributed by atoms with Crippen LogP contribution in [0.3, 0.4) is 0 Å². The van der Waals surface area contributed by atoms with Gasteiger partial charge in [0, 0.05) is 6.07 Å². The summed E-state index contributed by atoms with van der Waals surface area (Å²) in [5, 5.41) is 0. The maximum absolute atomic E-state index is 11.3. The first kappa shape index (κ1) is 14.9. The molecule has 1 heterocycles. The van der Waals surface area contributed by atoms with Gasteiger partial charge in [-0.25, -0.2) is 21.8 Å². The molecule has 10 heteroatoms. The van der Waals surface area contributed by atoms with Crippen LogP contribution in [0, 0.1) is 0 Å². The average Bonchev–Trinajstić information content (AvgIpc) is 3.02. The van der Waals surface area contributed by atoms with E-state index >= 15 is 0 Å². The molecule has 0 saturated heterocycles. The summed E-state index contributed by atoms with van der Waals surface area (Å²) in [5.74, 6) is 0.291. The Kier molecular flexibility index (Phi) is 3.78. The predicted molar refractivity (Wildman–Crippen MR) is 74.8 cm³/mol. The van der Waals surface area contributed by atoms with Gasteiger partial charge in [0.25, 0.3) is 0 Å². The number of anilines is 2. The summed E-state index contributed by atoms with van der Waals surface area (Å²) in [7, 11) is -7.13.